The van der Waals surface area contributed by atoms with E-state index in [1.165, 1.54) is 10.7 Å². The van der Waals surface area contributed by atoms with Crippen LogP contribution in [0.1, 0.15) is 74.4 Å². The number of hydrogen-bond donors (Lipinski definition) is 2. The summed E-state index contributed by atoms with van der Waals surface area (Å²) in [5, 5.41) is 10.4. The highest BCUT2D eigenvalue weighted by Crippen LogP contribution is 2.28. The third-order valence-electron chi connectivity index (χ3n) is 6.63. The molecule has 2 aliphatic rings. The average molecular weight is 433 g/mol. The van der Waals surface area contributed by atoms with Gasteiger partial charge in [0.15, 0.2) is 5.69 Å². The van der Waals surface area contributed by atoms with Gasteiger partial charge in [-0.3, -0.25) is 19.1 Å². The first-order chi connectivity index (χ1) is 14.8. The molecule has 1 atom stereocenters. The molecular weight excluding hydrogens is 396 g/mol. The summed E-state index contributed by atoms with van der Waals surface area (Å²) in [4.78, 5) is 42.7. The van der Waals surface area contributed by atoms with E-state index in [1.54, 1.807) is 11.8 Å². The van der Waals surface area contributed by atoms with Crippen LogP contribution in [0.2, 0.25) is 0 Å². The highest BCUT2D eigenvalue weighted by molar-refractivity contribution is 6.01. The second kappa shape index (κ2) is 9.80. The Kier molecular flexibility index (Phi) is 7.35. The Labute approximate surface area is 184 Å². The number of amides is 3. The van der Waals surface area contributed by atoms with Crippen LogP contribution in [0.15, 0.2) is 6.07 Å². The molecule has 0 bridgehead atoms. The van der Waals surface area contributed by atoms with Gasteiger partial charge in [-0.1, -0.05) is 26.7 Å². The van der Waals surface area contributed by atoms with Gasteiger partial charge < -0.3 is 20.4 Å². The first-order valence-electron chi connectivity index (χ1n) is 11.5. The lowest BCUT2D eigenvalue weighted by Gasteiger charge is -2.43. The van der Waals surface area contributed by atoms with E-state index in [-0.39, 0.29) is 36.0 Å². The molecule has 0 saturated heterocycles. The first kappa shape index (κ1) is 23.2. The molecule has 0 radical (unpaired) electrons. The van der Waals surface area contributed by atoms with Crippen molar-refractivity contribution < 1.29 is 14.4 Å². The fourth-order valence-electron chi connectivity index (χ4n) is 4.62. The van der Waals surface area contributed by atoms with Crippen molar-refractivity contribution in [2.75, 3.05) is 32.7 Å². The van der Waals surface area contributed by atoms with Gasteiger partial charge in [0.1, 0.15) is 11.2 Å². The van der Waals surface area contributed by atoms with Gasteiger partial charge in [-0.2, -0.15) is 5.10 Å². The van der Waals surface area contributed by atoms with Crippen molar-refractivity contribution >= 4 is 17.7 Å². The fraction of sp³-hybridized carbons (Fsp3) is 0.727. The molecule has 172 valence electrons. The van der Waals surface area contributed by atoms with Gasteiger partial charge in [-0.15, -0.1) is 0 Å². The number of rotatable bonds is 9. The monoisotopic (exact) mass is 432 g/mol. The van der Waals surface area contributed by atoms with Crippen LogP contribution in [-0.2, 0) is 11.3 Å². The van der Waals surface area contributed by atoms with Gasteiger partial charge >= 0.3 is 0 Å². The highest BCUT2D eigenvalue weighted by Gasteiger charge is 2.48. The normalized spacial score (nSPS) is 21.5. The van der Waals surface area contributed by atoms with E-state index in [0.29, 0.717) is 18.8 Å². The van der Waals surface area contributed by atoms with Crippen molar-refractivity contribution in [1.29, 1.82) is 0 Å². The van der Waals surface area contributed by atoms with Crippen LogP contribution >= 0.6 is 0 Å². The summed E-state index contributed by atoms with van der Waals surface area (Å²) in [5.74, 6) is -0.726. The van der Waals surface area contributed by atoms with E-state index in [2.05, 4.69) is 34.5 Å². The quantitative estimate of drug-likeness (QED) is 0.612. The van der Waals surface area contributed by atoms with E-state index in [0.717, 1.165) is 45.3 Å². The van der Waals surface area contributed by atoms with E-state index in [1.807, 2.05) is 6.92 Å². The molecule has 1 saturated carbocycles. The average Bonchev–Trinajstić information content (AvgIpc) is 3.41. The molecule has 2 heterocycles. The van der Waals surface area contributed by atoms with Crippen molar-refractivity contribution in [3.63, 3.8) is 0 Å². The van der Waals surface area contributed by atoms with Crippen LogP contribution in [-0.4, -0.2) is 81.6 Å². The standard InChI is InChI=1S/C22H36N6O3/c1-5-26(6-2)13-12-23-19(29)17-14-18-20(30)27(7-3)22(4,15-28(18)25-17)21(31)24-16-10-8-9-11-16/h14,16H,5-13,15H2,1-4H3,(H,23,29)(H,24,31)/t22-/m0/s1. The van der Waals surface area contributed by atoms with Crippen LogP contribution in [0.25, 0.3) is 0 Å². The SMILES string of the molecule is CCN(CC)CCNC(=O)c1cc2n(n1)C[C@@](C)(C(=O)NC1CCCC1)N(CC)C2=O. The zero-order valence-electron chi connectivity index (χ0n) is 19.2. The molecule has 1 aromatic rings. The summed E-state index contributed by atoms with van der Waals surface area (Å²) in [6.45, 7) is 11.6. The maximum Gasteiger partial charge on any atom is 0.273 e. The molecule has 0 unspecified atom stereocenters. The number of hydrogen-bond acceptors (Lipinski definition) is 5. The van der Waals surface area contributed by atoms with Crippen molar-refractivity contribution in [1.82, 2.24) is 30.2 Å². The third-order valence-corrected chi connectivity index (χ3v) is 6.63. The third kappa shape index (κ3) is 4.76. The molecule has 1 aliphatic heterocycles. The predicted octanol–water partition coefficient (Wildman–Crippen LogP) is 1.25. The summed E-state index contributed by atoms with van der Waals surface area (Å²) >= 11 is 0. The maximum atomic E-state index is 13.2. The Balaban J connectivity index is 1.74. The van der Waals surface area contributed by atoms with Crippen LogP contribution < -0.4 is 10.6 Å². The fourth-order valence-corrected chi connectivity index (χ4v) is 4.62. The molecule has 1 fully saturated rings. The van der Waals surface area contributed by atoms with E-state index >= 15 is 0 Å². The van der Waals surface area contributed by atoms with Gasteiger partial charge in [0.05, 0.1) is 6.54 Å². The molecule has 2 N–H and O–H groups in total. The van der Waals surface area contributed by atoms with E-state index in [4.69, 9.17) is 0 Å². The van der Waals surface area contributed by atoms with Gasteiger partial charge in [-0.25, -0.2) is 0 Å². The van der Waals surface area contributed by atoms with Crippen molar-refractivity contribution in [3.05, 3.63) is 17.5 Å². The molecule has 3 rings (SSSR count). The number of fused-ring (bicyclic) bond motifs is 1. The summed E-state index contributed by atoms with van der Waals surface area (Å²) in [5.41, 5.74) is -0.481. The number of nitrogens with one attached hydrogen (secondary N) is 2. The molecule has 3 amide bonds. The number of nitrogens with zero attached hydrogens (tertiary/aromatic N) is 4. The van der Waals surface area contributed by atoms with Crippen LogP contribution in [0, 0.1) is 0 Å². The zero-order valence-corrected chi connectivity index (χ0v) is 19.2. The van der Waals surface area contributed by atoms with E-state index in [9.17, 15) is 14.4 Å². The number of likely N-dealkylation sites (N-methyl/N-ethyl adjacent to an activating group) is 2. The summed E-state index contributed by atoms with van der Waals surface area (Å²) in [6.07, 6.45) is 4.20. The summed E-state index contributed by atoms with van der Waals surface area (Å²) in [7, 11) is 0. The number of carbonyl (C=O) groups excluding carboxylic acids is 3. The Morgan fingerprint density at radius 3 is 2.52 bits per heavy atom. The minimum Gasteiger partial charge on any atom is -0.351 e. The van der Waals surface area contributed by atoms with Crippen LogP contribution in [0.4, 0.5) is 0 Å². The second-order valence-electron chi connectivity index (χ2n) is 8.63. The largest absolute Gasteiger partial charge is 0.351 e. The van der Waals surface area contributed by atoms with E-state index < -0.39 is 5.54 Å². The molecule has 9 nitrogen and oxygen atoms in total. The lowest BCUT2D eigenvalue weighted by Crippen LogP contribution is -2.64. The highest BCUT2D eigenvalue weighted by atomic mass is 16.2. The predicted molar refractivity (Wildman–Crippen MR) is 118 cm³/mol. The smallest absolute Gasteiger partial charge is 0.273 e. The number of aromatic nitrogens is 2. The second-order valence-corrected chi connectivity index (χ2v) is 8.63. The topological polar surface area (TPSA) is 99.6 Å². The van der Waals surface area contributed by atoms with Crippen LogP contribution in [0.3, 0.4) is 0 Å². The van der Waals surface area contributed by atoms with Crippen LogP contribution in [0.5, 0.6) is 0 Å². The Hall–Kier alpha value is -2.42. The molecule has 0 spiro atoms. The minimum atomic E-state index is -1.04. The van der Waals surface area contributed by atoms with Gasteiger partial charge in [0.2, 0.25) is 5.91 Å². The lowest BCUT2D eigenvalue weighted by atomic mass is 9.94. The molecule has 1 aliphatic carbocycles. The Morgan fingerprint density at radius 1 is 1.23 bits per heavy atom. The summed E-state index contributed by atoms with van der Waals surface area (Å²) < 4.78 is 1.52. The Bertz CT molecular complexity index is 812. The molecule has 0 aromatic carbocycles. The molecule has 31 heavy (non-hydrogen) atoms. The van der Waals surface area contributed by atoms with Crippen molar-refractivity contribution in [2.24, 2.45) is 0 Å². The molecule has 9 heteroatoms. The molecule has 1 aromatic heterocycles. The maximum absolute atomic E-state index is 13.2. The van der Waals surface area contributed by atoms with Crippen molar-refractivity contribution in [2.45, 2.75) is 71.5 Å². The van der Waals surface area contributed by atoms with Crippen molar-refractivity contribution in [3.8, 4) is 0 Å². The minimum absolute atomic E-state index is 0.152. The lowest BCUT2D eigenvalue weighted by molar-refractivity contribution is -0.133. The number of carbonyl (C=O) groups is 3. The van der Waals surface area contributed by atoms with Gasteiger partial charge in [0.25, 0.3) is 11.8 Å². The first-order valence-corrected chi connectivity index (χ1v) is 11.5. The molecular formula is C22H36N6O3. The van der Waals surface area contributed by atoms with Gasteiger partial charge in [-0.05, 0) is 39.8 Å². The zero-order chi connectivity index (χ0) is 22.6. The summed E-state index contributed by atoms with van der Waals surface area (Å²) in [6, 6.07) is 1.70. The van der Waals surface area contributed by atoms with Gasteiger partial charge in [0, 0.05) is 31.7 Å². The Morgan fingerprint density at radius 2 is 1.90 bits per heavy atom.